The van der Waals surface area contributed by atoms with E-state index in [2.05, 4.69) is 5.32 Å². The highest BCUT2D eigenvalue weighted by molar-refractivity contribution is 5.85. The Hall–Kier alpha value is -1.27. The van der Waals surface area contributed by atoms with E-state index >= 15 is 0 Å². The predicted octanol–water partition coefficient (Wildman–Crippen LogP) is 3.59. The minimum absolute atomic E-state index is 0. The van der Waals surface area contributed by atoms with Crippen LogP contribution in [0.25, 0.3) is 0 Å². The van der Waals surface area contributed by atoms with Gasteiger partial charge in [-0.25, -0.2) is 0 Å². The largest absolute Gasteiger partial charge is 0.416 e. The number of likely N-dealkylation sites (tertiary alicyclic amines) is 1. The predicted molar refractivity (Wildman–Crippen MR) is 88.3 cm³/mol. The number of rotatable bonds is 2. The van der Waals surface area contributed by atoms with Crippen molar-refractivity contribution in [3.63, 3.8) is 0 Å². The van der Waals surface area contributed by atoms with Crippen molar-refractivity contribution in [2.75, 3.05) is 19.6 Å². The van der Waals surface area contributed by atoms with Crippen LogP contribution in [0, 0.1) is 0 Å². The Bertz CT molecular complexity index is 548. The summed E-state index contributed by atoms with van der Waals surface area (Å²) in [7, 11) is 0. The third-order valence-corrected chi connectivity index (χ3v) is 4.87. The van der Waals surface area contributed by atoms with Gasteiger partial charge in [0.05, 0.1) is 11.6 Å². The Kier molecular flexibility index (Phi) is 6.15. The lowest BCUT2D eigenvalue weighted by Crippen LogP contribution is -2.46. The molecule has 1 atom stereocenters. The summed E-state index contributed by atoms with van der Waals surface area (Å²) in [6.45, 7) is 2.27. The fourth-order valence-electron chi connectivity index (χ4n) is 3.49. The molecule has 1 unspecified atom stereocenters. The van der Waals surface area contributed by atoms with Crippen LogP contribution in [-0.4, -0.2) is 36.5 Å². The summed E-state index contributed by atoms with van der Waals surface area (Å²) in [6.07, 6.45) is -0.730. The van der Waals surface area contributed by atoms with E-state index < -0.39 is 11.7 Å². The zero-order chi connectivity index (χ0) is 16.4. The smallest absolute Gasteiger partial charge is 0.341 e. The van der Waals surface area contributed by atoms with E-state index in [1.54, 1.807) is 12.1 Å². The van der Waals surface area contributed by atoms with Gasteiger partial charge in [-0.2, -0.15) is 13.2 Å². The number of carbonyl (C=O) groups excluding carboxylic acids is 1. The molecule has 7 heteroatoms. The molecule has 0 aliphatic carbocycles. The van der Waals surface area contributed by atoms with Crippen molar-refractivity contribution >= 4 is 18.3 Å². The number of alkyl halides is 3. The van der Waals surface area contributed by atoms with Gasteiger partial charge in [0.1, 0.15) is 0 Å². The molecule has 2 heterocycles. The summed E-state index contributed by atoms with van der Waals surface area (Å²) in [5, 5.41) is 3.22. The molecule has 2 aliphatic heterocycles. The monoisotopic (exact) mass is 362 g/mol. The number of benzene rings is 1. The van der Waals surface area contributed by atoms with Crippen molar-refractivity contribution in [3.8, 4) is 0 Å². The van der Waals surface area contributed by atoms with Gasteiger partial charge in [-0.15, -0.1) is 12.4 Å². The molecule has 134 valence electrons. The molecule has 3 rings (SSSR count). The van der Waals surface area contributed by atoms with Crippen LogP contribution < -0.4 is 5.32 Å². The number of hydrogen-bond acceptors (Lipinski definition) is 2. The minimum atomic E-state index is -4.29. The molecule has 0 saturated carbocycles. The van der Waals surface area contributed by atoms with Gasteiger partial charge in [-0.05, 0) is 55.8 Å². The van der Waals surface area contributed by atoms with Crippen molar-refractivity contribution in [2.24, 2.45) is 0 Å². The average Bonchev–Trinajstić information content (AvgIpc) is 3.08. The van der Waals surface area contributed by atoms with Crippen molar-refractivity contribution in [2.45, 2.75) is 43.8 Å². The molecule has 3 nitrogen and oxygen atoms in total. The second-order valence-electron chi connectivity index (χ2n) is 6.37. The van der Waals surface area contributed by atoms with Gasteiger partial charge in [0, 0.05) is 13.1 Å². The van der Waals surface area contributed by atoms with Crippen LogP contribution in [0.5, 0.6) is 0 Å². The second-order valence-corrected chi connectivity index (χ2v) is 6.37. The number of hydrogen-bond donors (Lipinski definition) is 1. The maximum atomic E-state index is 12.6. The van der Waals surface area contributed by atoms with Gasteiger partial charge < -0.3 is 10.2 Å². The van der Waals surface area contributed by atoms with Gasteiger partial charge in [-0.3, -0.25) is 4.79 Å². The summed E-state index contributed by atoms with van der Waals surface area (Å²) in [5.41, 5.74) is 0.324. The van der Waals surface area contributed by atoms with Gasteiger partial charge >= 0.3 is 6.18 Å². The molecule has 2 aliphatic rings. The van der Waals surface area contributed by atoms with Gasteiger partial charge in [0.2, 0.25) is 5.91 Å². The molecule has 1 N–H and O–H groups in total. The average molecular weight is 363 g/mol. The fourth-order valence-corrected chi connectivity index (χ4v) is 3.49. The first-order chi connectivity index (χ1) is 10.9. The van der Waals surface area contributed by atoms with Crippen LogP contribution in [0.15, 0.2) is 24.3 Å². The highest BCUT2D eigenvalue weighted by Gasteiger charge is 2.32. The standard InChI is InChI=1S/C17H21F3N2O.ClH/c18-17(19,20)14-5-3-12(4-6-14)13-7-10-22(11-8-13)16(23)15-2-1-9-21-15;/h3-6,13,15,21H,1-2,7-11H2;1H. The number of amides is 1. The minimum Gasteiger partial charge on any atom is -0.341 e. The number of halogens is 4. The van der Waals surface area contributed by atoms with Gasteiger partial charge in [0.25, 0.3) is 0 Å². The van der Waals surface area contributed by atoms with E-state index in [4.69, 9.17) is 0 Å². The topological polar surface area (TPSA) is 32.3 Å². The SMILES string of the molecule is Cl.O=C(C1CCCN1)N1CCC(c2ccc(C(F)(F)F)cc2)CC1. The highest BCUT2D eigenvalue weighted by atomic mass is 35.5. The molecule has 0 bridgehead atoms. The van der Waals surface area contributed by atoms with E-state index in [0.717, 1.165) is 49.9 Å². The fraction of sp³-hybridized carbons (Fsp3) is 0.588. The van der Waals surface area contributed by atoms with Gasteiger partial charge in [0.15, 0.2) is 0 Å². The van der Waals surface area contributed by atoms with Crippen molar-refractivity contribution < 1.29 is 18.0 Å². The zero-order valence-corrected chi connectivity index (χ0v) is 14.1. The highest BCUT2D eigenvalue weighted by Crippen LogP contribution is 2.33. The van der Waals surface area contributed by atoms with E-state index in [-0.39, 0.29) is 30.3 Å². The molecule has 0 radical (unpaired) electrons. The normalized spacial score (nSPS) is 22.3. The summed E-state index contributed by atoms with van der Waals surface area (Å²) in [4.78, 5) is 14.2. The Balaban J connectivity index is 0.00000208. The Morgan fingerprint density at radius 1 is 1.08 bits per heavy atom. The lowest BCUT2D eigenvalue weighted by atomic mass is 9.88. The second kappa shape index (κ2) is 7.74. The first kappa shape index (κ1) is 19.1. The van der Waals surface area contributed by atoms with Gasteiger partial charge in [-0.1, -0.05) is 12.1 Å². The third kappa shape index (κ3) is 4.22. The molecular weight excluding hydrogens is 341 g/mol. The van der Waals surface area contributed by atoms with E-state index in [9.17, 15) is 18.0 Å². The third-order valence-electron chi connectivity index (χ3n) is 4.87. The van der Waals surface area contributed by atoms with Crippen LogP contribution in [0.2, 0.25) is 0 Å². The van der Waals surface area contributed by atoms with E-state index in [1.165, 1.54) is 0 Å². The molecule has 1 aromatic carbocycles. The Labute approximate surface area is 146 Å². The molecule has 1 aromatic rings. The molecule has 0 aromatic heterocycles. The van der Waals surface area contributed by atoms with Crippen LogP contribution in [0.4, 0.5) is 13.2 Å². The van der Waals surface area contributed by atoms with Crippen LogP contribution >= 0.6 is 12.4 Å². The summed E-state index contributed by atoms with van der Waals surface area (Å²) in [5.74, 6) is 0.409. The number of carbonyl (C=O) groups is 1. The molecule has 2 saturated heterocycles. The maximum Gasteiger partial charge on any atom is 0.416 e. The maximum absolute atomic E-state index is 12.6. The summed E-state index contributed by atoms with van der Waals surface area (Å²) < 4.78 is 37.8. The van der Waals surface area contributed by atoms with Crippen molar-refractivity contribution in [1.29, 1.82) is 0 Å². The molecule has 1 amide bonds. The molecule has 2 fully saturated rings. The quantitative estimate of drug-likeness (QED) is 0.872. The van der Waals surface area contributed by atoms with Crippen LogP contribution in [0.1, 0.15) is 42.7 Å². The zero-order valence-electron chi connectivity index (χ0n) is 13.3. The van der Waals surface area contributed by atoms with Crippen LogP contribution in [-0.2, 0) is 11.0 Å². The number of nitrogens with zero attached hydrogens (tertiary/aromatic N) is 1. The summed E-state index contributed by atoms with van der Waals surface area (Å²) in [6, 6.07) is 5.40. The Morgan fingerprint density at radius 3 is 2.21 bits per heavy atom. The number of piperidine rings is 1. The number of nitrogens with one attached hydrogen (secondary N) is 1. The lowest BCUT2D eigenvalue weighted by molar-refractivity contribution is -0.137. The Morgan fingerprint density at radius 2 is 1.71 bits per heavy atom. The van der Waals surface area contributed by atoms with Crippen LogP contribution in [0.3, 0.4) is 0 Å². The molecule has 0 spiro atoms. The molecule has 24 heavy (non-hydrogen) atoms. The lowest BCUT2D eigenvalue weighted by Gasteiger charge is -2.33. The van der Waals surface area contributed by atoms with E-state index in [0.29, 0.717) is 13.1 Å². The summed E-state index contributed by atoms with van der Waals surface area (Å²) >= 11 is 0. The molecular formula is C17H22ClF3N2O. The first-order valence-corrected chi connectivity index (χ1v) is 8.14. The first-order valence-electron chi connectivity index (χ1n) is 8.14. The van der Waals surface area contributed by atoms with E-state index in [1.807, 2.05) is 4.90 Å². The van der Waals surface area contributed by atoms with Crippen molar-refractivity contribution in [3.05, 3.63) is 35.4 Å². The van der Waals surface area contributed by atoms with Crippen molar-refractivity contribution in [1.82, 2.24) is 10.2 Å².